The number of para-hydroxylation sites is 1. The highest BCUT2D eigenvalue weighted by Crippen LogP contribution is 2.39. The maximum absolute atomic E-state index is 12.1. The van der Waals surface area contributed by atoms with E-state index in [9.17, 15) is 4.79 Å². The summed E-state index contributed by atoms with van der Waals surface area (Å²) in [5, 5.41) is 0. The molecular formula is C18H21N3O. The fourth-order valence-corrected chi connectivity index (χ4v) is 3.28. The molecule has 1 amide bonds. The number of aromatic nitrogens is 2. The van der Waals surface area contributed by atoms with Crippen LogP contribution in [0.15, 0.2) is 42.7 Å². The van der Waals surface area contributed by atoms with Crippen LogP contribution >= 0.6 is 0 Å². The standard InChI is InChI=1S/C18H21N3O/c1-13-19-9-10-20(13)12-15-11-18(3,4)21(14(2)22)17-8-6-5-7-16(15)17/h5-11H,12H2,1-4H3. The summed E-state index contributed by atoms with van der Waals surface area (Å²) in [7, 11) is 0. The van der Waals surface area contributed by atoms with Crippen molar-refractivity contribution in [3.63, 3.8) is 0 Å². The van der Waals surface area contributed by atoms with E-state index in [0.29, 0.717) is 0 Å². The Kier molecular flexibility index (Phi) is 3.39. The molecule has 0 atom stereocenters. The first-order chi connectivity index (χ1) is 10.4. The summed E-state index contributed by atoms with van der Waals surface area (Å²) in [5.74, 6) is 1.05. The Morgan fingerprint density at radius 2 is 2.00 bits per heavy atom. The maximum Gasteiger partial charge on any atom is 0.224 e. The van der Waals surface area contributed by atoms with Crippen molar-refractivity contribution in [2.45, 2.75) is 39.8 Å². The number of aryl methyl sites for hydroxylation is 1. The molecule has 0 saturated carbocycles. The van der Waals surface area contributed by atoms with Crippen LogP contribution in [0.25, 0.3) is 5.57 Å². The highest BCUT2D eigenvalue weighted by atomic mass is 16.2. The van der Waals surface area contributed by atoms with Crippen LogP contribution < -0.4 is 4.90 Å². The lowest BCUT2D eigenvalue weighted by molar-refractivity contribution is -0.117. The fraction of sp³-hybridized carbons (Fsp3) is 0.333. The quantitative estimate of drug-likeness (QED) is 0.851. The van der Waals surface area contributed by atoms with E-state index in [4.69, 9.17) is 0 Å². The zero-order chi connectivity index (χ0) is 15.9. The monoisotopic (exact) mass is 295 g/mol. The lowest BCUT2D eigenvalue weighted by Gasteiger charge is -2.41. The van der Waals surface area contributed by atoms with Gasteiger partial charge in [0.05, 0.1) is 11.2 Å². The third kappa shape index (κ3) is 2.34. The number of hydrogen-bond acceptors (Lipinski definition) is 2. The molecule has 0 N–H and O–H groups in total. The second-order valence-electron chi connectivity index (χ2n) is 6.30. The van der Waals surface area contributed by atoms with Crippen LogP contribution in [-0.2, 0) is 11.3 Å². The van der Waals surface area contributed by atoms with Crippen LogP contribution in [0.2, 0.25) is 0 Å². The first-order valence-corrected chi connectivity index (χ1v) is 7.50. The lowest BCUT2D eigenvalue weighted by Crippen LogP contribution is -2.48. The molecule has 0 unspecified atom stereocenters. The Hall–Kier alpha value is -2.36. The number of rotatable bonds is 2. The van der Waals surface area contributed by atoms with Gasteiger partial charge in [-0.3, -0.25) is 4.79 Å². The molecule has 0 aliphatic carbocycles. The molecule has 2 aromatic rings. The van der Waals surface area contributed by atoms with E-state index in [1.54, 1.807) is 6.92 Å². The summed E-state index contributed by atoms with van der Waals surface area (Å²) < 4.78 is 2.13. The van der Waals surface area contributed by atoms with Crippen LogP contribution in [-0.4, -0.2) is 21.0 Å². The average Bonchev–Trinajstić information content (AvgIpc) is 2.83. The minimum atomic E-state index is -0.343. The number of carbonyl (C=O) groups excluding carboxylic acids is 1. The van der Waals surface area contributed by atoms with E-state index < -0.39 is 0 Å². The Labute approximate surface area is 131 Å². The summed E-state index contributed by atoms with van der Waals surface area (Å²) >= 11 is 0. The van der Waals surface area contributed by atoms with Crippen molar-refractivity contribution in [1.82, 2.24) is 9.55 Å². The molecule has 4 heteroatoms. The number of imidazole rings is 1. The number of allylic oxidation sites excluding steroid dienone is 1. The number of benzene rings is 1. The predicted molar refractivity (Wildman–Crippen MR) is 88.6 cm³/mol. The minimum Gasteiger partial charge on any atom is -0.331 e. The molecule has 0 radical (unpaired) electrons. The van der Waals surface area contributed by atoms with Crippen molar-refractivity contribution in [2.24, 2.45) is 0 Å². The van der Waals surface area contributed by atoms with Crippen LogP contribution in [0.1, 0.15) is 32.2 Å². The van der Waals surface area contributed by atoms with Crippen molar-refractivity contribution >= 4 is 17.2 Å². The maximum atomic E-state index is 12.1. The van der Waals surface area contributed by atoms with Gasteiger partial charge in [-0.05, 0) is 32.4 Å². The van der Waals surface area contributed by atoms with E-state index in [0.717, 1.165) is 23.6 Å². The molecule has 1 aromatic carbocycles. The molecule has 0 spiro atoms. The molecule has 22 heavy (non-hydrogen) atoms. The third-order valence-electron chi connectivity index (χ3n) is 4.17. The second-order valence-corrected chi connectivity index (χ2v) is 6.30. The Balaban J connectivity index is 2.11. The van der Waals surface area contributed by atoms with Crippen molar-refractivity contribution in [1.29, 1.82) is 0 Å². The van der Waals surface area contributed by atoms with E-state index in [2.05, 4.69) is 35.5 Å². The van der Waals surface area contributed by atoms with Gasteiger partial charge in [0, 0.05) is 31.4 Å². The average molecular weight is 295 g/mol. The van der Waals surface area contributed by atoms with Crippen LogP contribution in [0.4, 0.5) is 5.69 Å². The predicted octanol–water partition coefficient (Wildman–Crippen LogP) is 3.42. The number of fused-ring (bicyclic) bond motifs is 1. The molecule has 3 rings (SSSR count). The van der Waals surface area contributed by atoms with E-state index in [1.165, 1.54) is 5.57 Å². The fourth-order valence-electron chi connectivity index (χ4n) is 3.28. The molecule has 0 saturated heterocycles. The summed E-state index contributed by atoms with van der Waals surface area (Å²) in [6.45, 7) is 8.54. The summed E-state index contributed by atoms with van der Waals surface area (Å²) in [4.78, 5) is 18.3. The second kappa shape index (κ2) is 5.13. The van der Waals surface area contributed by atoms with Gasteiger partial charge in [0.25, 0.3) is 0 Å². The molecule has 1 aromatic heterocycles. The number of anilines is 1. The van der Waals surface area contributed by atoms with Crippen LogP contribution in [0, 0.1) is 6.92 Å². The largest absolute Gasteiger partial charge is 0.331 e. The number of carbonyl (C=O) groups is 1. The topological polar surface area (TPSA) is 38.1 Å². The van der Waals surface area contributed by atoms with Gasteiger partial charge >= 0.3 is 0 Å². The minimum absolute atomic E-state index is 0.0616. The van der Waals surface area contributed by atoms with E-state index in [-0.39, 0.29) is 11.4 Å². The summed E-state index contributed by atoms with van der Waals surface area (Å²) in [6.07, 6.45) is 6.00. The van der Waals surface area contributed by atoms with E-state index in [1.807, 2.05) is 42.4 Å². The zero-order valence-electron chi connectivity index (χ0n) is 13.5. The van der Waals surface area contributed by atoms with Crippen molar-refractivity contribution < 1.29 is 4.79 Å². The lowest BCUT2D eigenvalue weighted by atomic mass is 9.88. The third-order valence-corrected chi connectivity index (χ3v) is 4.17. The zero-order valence-corrected chi connectivity index (χ0v) is 13.5. The number of nitrogens with zero attached hydrogens (tertiary/aromatic N) is 3. The van der Waals surface area contributed by atoms with Gasteiger partial charge in [-0.25, -0.2) is 4.98 Å². The Morgan fingerprint density at radius 3 is 2.64 bits per heavy atom. The van der Waals surface area contributed by atoms with Gasteiger partial charge in [-0.2, -0.15) is 0 Å². The van der Waals surface area contributed by atoms with Gasteiger partial charge in [-0.15, -0.1) is 0 Å². The SMILES string of the molecule is CC(=O)N1c2ccccc2C(Cn2ccnc2C)=CC1(C)C. The van der Waals surface area contributed by atoms with Gasteiger partial charge < -0.3 is 9.47 Å². The first kappa shape index (κ1) is 14.6. The summed E-state index contributed by atoms with van der Waals surface area (Å²) in [5.41, 5.74) is 2.98. The van der Waals surface area contributed by atoms with Crippen LogP contribution in [0.3, 0.4) is 0 Å². The van der Waals surface area contributed by atoms with E-state index >= 15 is 0 Å². The van der Waals surface area contributed by atoms with Crippen molar-refractivity contribution in [3.05, 3.63) is 54.1 Å². The normalized spacial score (nSPS) is 16.2. The number of hydrogen-bond donors (Lipinski definition) is 0. The highest BCUT2D eigenvalue weighted by Gasteiger charge is 2.34. The number of amides is 1. The first-order valence-electron chi connectivity index (χ1n) is 7.50. The van der Waals surface area contributed by atoms with Crippen molar-refractivity contribution in [2.75, 3.05) is 4.90 Å². The van der Waals surface area contributed by atoms with Gasteiger partial charge in [-0.1, -0.05) is 24.3 Å². The van der Waals surface area contributed by atoms with Gasteiger partial charge in [0.2, 0.25) is 5.91 Å². The molecule has 2 heterocycles. The van der Waals surface area contributed by atoms with Crippen LogP contribution in [0.5, 0.6) is 0 Å². The van der Waals surface area contributed by atoms with Crippen molar-refractivity contribution in [3.8, 4) is 0 Å². The molecule has 0 bridgehead atoms. The highest BCUT2D eigenvalue weighted by molar-refractivity contribution is 5.99. The van der Waals surface area contributed by atoms with Gasteiger partial charge in [0.15, 0.2) is 0 Å². The molecule has 114 valence electrons. The molecule has 0 fully saturated rings. The molecule has 1 aliphatic rings. The Morgan fingerprint density at radius 1 is 1.27 bits per heavy atom. The summed E-state index contributed by atoms with van der Waals surface area (Å²) in [6, 6.07) is 8.10. The molecule has 1 aliphatic heterocycles. The van der Waals surface area contributed by atoms with Gasteiger partial charge in [0.1, 0.15) is 5.82 Å². The Bertz CT molecular complexity index is 755. The smallest absolute Gasteiger partial charge is 0.224 e. The molecular weight excluding hydrogens is 274 g/mol. The molecule has 4 nitrogen and oxygen atoms in total.